The molecule has 3 N–H and O–H groups in total. The monoisotopic (exact) mass is 255 g/mol. The van der Waals surface area contributed by atoms with Gasteiger partial charge < -0.3 is 11.1 Å². The molecule has 0 saturated heterocycles. The van der Waals surface area contributed by atoms with Gasteiger partial charge in [0.05, 0.1) is 0 Å². The summed E-state index contributed by atoms with van der Waals surface area (Å²) < 4.78 is 0. The number of hydrogen-bond donors (Lipinski definition) is 2. The van der Waals surface area contributed by atoms with Crippen LogP contribution in [0.2, 0.25) is 0 Å². The van der Waals surface area contributed by atoms with Gasteiger partial charge in [0, 0.05) is 28.8 Å². The number of benzene rings is 1. The Labute approximate surface area is 112 Å². The number of carbonyl (C=O) groups excluding carboxylic acids is 1. The molecular weight excluding hydrogens is 238 g/mol. The SMILES string of the molecule is Cc1cc(C(=O)Nc2cc(C)c(N)cc2C)ccn1. The molecule has 0 atom stereocenters. The van der Waals surface area contributed by atoms with E-state index in [-0.39, 0.29) is 5.91 Å². The molecule has 2 aromatic rings. The first-order chi connectivity index (χ1) is 8.97. The van der Waals surface area contributed by atoms with E-state index in [1.54, 1.807) is 18.3 Å². The summed E-state index contributed by atoms with van der Waals surface area (Å²) in [5.74, 6) is -0.141. The maximum Gasteiger partial charge on any atom is 0.255 e. The van der Waals surface area contributed by atoms with Crippen LogP contribution in [0, 0.1) is 20.8 Å². The van der Waals surface area contributed by atoms with Gasteiger partial charge in [-0.05, 0) is 56.2 Å². The summed E-state index contributed by atoms with van der Waals surface area (Å²) in [5, 5.41) is 2.90. The van der Waals surface area contributed by atoms with E-state index in [1.807, 2.05) is 32.9 Å². The molecule has 1 heterocycles. The lowest BCUT2D eigenvalue weighted by molar-refractivity contribution is 0.102. The average molecular weight is 255 g/mol. The summed E-state index contributed by atoms with van der Waals surface area (Å²) in [6.07, 6.45) is 1.63. The highest BCUT2D eigenvalue weighted by molar-refractivity contribution is 6.04. The van der Waals surface area contributed by atoms with Crippen LogP contribution in [0.15, 0.2) is 30.5 Å². The third-order valence-electron chi connectivity index (χ3n) is 3.02. The van der Waals surface area contributed by atoms with Crippen LogP contribution in [0.3, 0.4) is 0 Å². The van der Waals surface area contributed by atoms with Crippen molar-refractivity contribution in [1.82, 2.24) is 4.98 Å². The van der Waals surface area contributed by atoms with E-state index in [2.05, 4.69) is 10.3 Å². The Morgan fingerprint density at radius 1 is 1.16 bits per heavy atom. The van der Waals surface area contributed by atoms with Gasteiger partial charge in [0.2, 0.25) is 0 Å². The number of pyridine rings is 1. The van der Waals surface area contributed by atoms with Gasteiger partial charge in [-0.1, -0.05) is 0 Å². The molecule has 0 aliphatic heterocycles. The number of rotatable bonds is 2. The fraction of sp³-hybridized carbons (Fsp3) is 0.200. The predicted molar refractivity (Wildman–Crippen MR) is 77.3 cm³/mol. The van der Waals surface area contributed by atoms with Crippen molar-refractivity contribution in [2.75, 3.05) is 11.1 Å². The zero-order valence-electron chi connectivity index (χ0n) is 11.3. The fourth-order valence-corrected chi connectivity index (χ4v) is 1.85. The minimum Gasteiger partial charge on any atom is -0.399 e. The second-order valence-corrected chi connectivity index (χ2v) is 4.66. The van der Waals surface area contributed by atoms with Crippen LogP contribution in [0.25, 0.3) is 0 Å². The van der Waals surface area contributed by atoms with Crippen molar-refractivity contribution < 1.29 is 4.79 Å². The second-order valence-electron chi connectivity index (χ2n) is 4.66. The van der Waals surface area contributed by atoms with Crippen molar-refractivity contribution in [3.05, 3.63) is 52.8 Å². The van der Waals surface area contributed by atoms with Gasteiger partial charge in [0.25, 0.3) is 5.91 Å². The van der Waals surface area contributed by atoms with E-state index >= 15 is 0 Å². The molecule has 1 amide bonds. The molecule has 0 radical (unpaired) electrons. The van der Waals surface area contributed by atoms with Crippen LogP contribution < -0.4 is 11.1 Å². The Hall–Kier alpha value is -2.36. The Morgan fingerprint density at radius 2 is 1.89 bits per heavy atom. The van der Waals surface area contributed by atoms with Crippen molar-refractivity contribution in [2.24, 2.45) is 0 Å². The van der Waals surface area contributed by atoms with Crippen molar-refractivity contribution in [3.63, 3.8) is 0 Å². The van der Waals surface area contributed by atoms with Gasteiger partial charge in [-0.15, -0.1) is 0 Å². The van der Waals surface area contributed by atoms with Crippen LogP contribution in [0.1, 0.15) is 27.2 Å². The number of aryl methyl sites for hydroxylation is 3. The molecule has 1 aromatic carbocycles. The Kier molecular flexibility index (Phi) is 3.51. The van der Waals surface area contributed by atoms with Crippen LogP contribution in [0.4, 0.5) is 11.4 Å². The van der Waals surface area contributed by atoms with Crippen LogP contribution in [-0.4, -0.2) is 10.9 Å². The summed E-state index contributed by atoms with van der Waals surface area (Å²) in [7, 11) is 0. The molecule has 0 unspecified atom stereocenters. The highest BCUT2D eigenvalue weighted by Gasteiger charge is 2.09. The first kappa shape index (κ1) is 13.1. The first-order valence-electron chi connectivity index (χ1n) is 6.08. The zero-order valence-corrected chi connectivity index (χ0v) is 11.3. The minimum atomic E-state index is -0.141. The standard InChI is InChI=1S/C15H17N3O/c1-9-7-14(10(2)6-13(9)16)18-15(19)12-4-5-17-11(3)8-12/h4-8H,16H2,1-3H3,(H,18,19). The molecule has 19 heavy (non-hydrogen) atoms. The molecule has 0 spiro atoms. The number of nitrogens with two attached hydrogens (primary N) is 1. The molecule has 98 valence electrons. The van der Waals surface area contributed by atoms with Gasteiger partial charge in [0.1, 0.15) is 0 Å². The minimum absolute atomic E-state index is 0.141. The third-order valence-corrected chi connectivity index (χ3v) is 3.02. The van der Waals surface area contributed by atoms with Crippen molar-refractivity contribution in [2.45, 2.75) is 20.8 Å². The lowest BCUT2D eigenvalue weighted by Crippen LogP contribution is -2.13. The molecule has 0 fully saturated rings. The quantitative estimate of drug-likeness (QED) is 0.811. The Bertz CT molecular complexity index is 635. The lowest BCUT2D eigenvalue weighted by atomic mass is 10.1. The number of nitrogens with zero attached hydrogens (tertiary/aromatic N) is 1. The number of hydrogen-bond acceptors (Lipinski definition) is 3. The maximum absolute atomic E-state index is 12.1. The zero-order chi connectivity index (χ0) is 14.0. The number of anilines is 2. The van der Waals surface area contributed by atoms with Crippen LogP contribution in [-0.2, 0) is 0 Å². The van der Waals surface area contributed by atoms with Crippen LogP contribution >= 0.6 is 0 Å². The number of amides is 1. The summed E-state index contributed by atoms with van der Waals surface area (Å²) in [6.45, 7) is 5.69. The van der Waals surface area contributed by atoms with E-state index in [0.717, 1.165) is 28.2 Å². The summed E-state index contributed by atoms with van der Waals surface area (Å²) in [4.78, 5) is 16.2. The van der Waals surface area contributed by atoms with Crippen molar-refractivity contribution in [1.29, 1.82) is 0 Å². The van der Waals surface area contributed by atoms with Crippen LogP contribution in [0.5, 0.6) is 0 Å². The number of carbonyl (C=O) groups is 1. The van der Waals surface area contributed by atoms with Gasteiger partial charge in [-0.25, -0.2) is 0 Å². The van der Waals surface area contributed by atoms with Gasteiger partial charge in [-0.2, -0.15) is 0 Å². The Morgan fingerprint density at radius 3 is 2.58 bits per heavy atom. The molecule has 1 aromatic heterocycles. The van der Waals surface area contributed by atoms with Crippen molar-refractivity contribution in [3.8, 4) is 0 Å². The van der Waals surface area contributed by atoms with E-state index in [9.17, 15) is 4.79 Å². The predicted octanol–water partition coefficient (Wildman–Crippen LogP) is 2.84. The summed E-state index contributed by atoms with van der Waals surface area (Å²) in [5.41, 5.74) is 10.7. The molecule has 0 saturated carbocycles. The maximum atomic E-state index is 12.1. The second kappa shape index (κ2) is 5.10. The average Bonchev–Trinajstić information content (AvgIpc) is 2.36. The molecule has 0 bridgehead atoms. The normalized spacial score (nSPS) is 10.3. The molecular formula is C15H17N3O. The highest BCUT2D eigenvalue weighted by atomic mass is 16.1. The van der Waals surface area contributed by atoms with E-state index < -0.39 is 0 Å². The molecule has 4 nitrogen and oxygen atoms in total. The summed E-state index contributed by atoms with van der Waals surface area (Å²) >= 11 is 0. The smallest absolute Gasteiger partial charge is 0.255 e. The van der Waals surface area contributed by atoms with Gasteiger partial charge >= 0.3 is 0 Å². The van der Waals surface area contributed by atoms with Gasteiger partial charge in [-0.3, -0.25) is 9.78 Å². The van der Waals surface area contributed by atoms with Crippen molar-refractivity contribution >= 4 is 17.3 Å². The molecule has 0 aliphatic rings. The molecule has 4 heteroatoms. The first-order valence-corrected chi connectivity index (χ1v) is 6.08. The summed E-state index contributed by atoms with van der Waals surface area (Å²) in [6, 6.07) is 7.20. The van der Waals surface area contributed by atoms with E-state index in [0.29, 0.717) is 5.56 Å². The lowest BCUT2D eigenvalue weighted by Gasteiger charge is -2.11. The molecule has 0 aliphatic carbocycles. The highest BCUT2D eigenvalue weighted by Crippen LogP contribution is 2.22. The number of nitrogen functional groups attached to an aromatic ring is 1. The third kappa shape index (κ3) is 2.91. The number of nitrogens with one attached hydrogen (secondary N) is 1. The topological polar surface area (TPSA) is 68.0 Å². The molecule has 2 rings (SSSR count). The fourth-order valence-electron chi connectivity index (χ4n) is 1.85. The largest absolute Gasteiger partial charge is 0.399 e. The van der Waals surface area contributed by atoms with E-state index in [4.69, 9.17) is 5.73 Å². The van der Waals surface area contributed by atoms with E-state index in [1.165, 1.54) is 0 Å². The number of aromatic nitrogens is 1. The Balaban J connectivity index is 2.27. The van der Waals surface area contributed by atoms with Gasteiger partial charge in [0.15, 0.2) is 0 Å².